The highest BCUT2D eigenvalue weighted by Crippen LogP contribution is 2.10. The smallest absolute Gasteiger partial charge is 0.267 e. The van der Waals surface area contributed by atoms with Gasteiger partial charge in [0.15, 0.2) is 0 Å². The molecule has 1 aromatic carbocycles. The molecule has 0 bridgehead atoms. The van der Waals surface area contributed by atoms with Crippen molar-refractivity contribution in [2.45, 2.75) is 13.3 Å². The van der Waals surface area contributed by atoms with Crippen molar-refractivity contribution in [1.29, 1.82) is 5.26 Å². The van der Waals surface area contributed by atoms with Gasteiger partial charge in [0.2, 0.25) is 0 Å². The number of carbonyl (C=O) groups excluding carboxylic acids is 1. The second-order valence-electron chi connectivity index (χ2n) is 4.02. The summed E-state index contributed by atoms with van der Waals surface area (Å²) in [5.74, 6) is -0.454. The van der Waals surface area contributed by atoms with Crippen LogP contribution in [0.1, 0.15) is 12.0 Å². The van der Waals surface area contributed by atoms with E-state index in [4.69, 9.17) is 10.4 Å². The van der Waals surface area contributed by atoms with Gasteiger partial charge in [-0.2, -0.15) is 5.26 Å². The molecule has 1 amide bonds. The molecule has 19 heavy (non-hydrogen) atoms. The van der Waals surface area contributed by atoms with Crippen LogP contribution in [-0.4, -0.2) is 24.2 Å². The first-order valence-electron chi connectivity index (χ1n) is 6.00. The van der Waals surface area contributed by atoms with Crippen molar-refractivity contribution in [2.24, 2.45) is 0 Å². The fourth-order valence-electron chi connectivity index (χ4n) is 1.43. The minimum Gasteiger partial charge on any atom is -0.396 e. The van der Waals surface area contributed by atoms with Crippen LogP contribution >= 0.6 is 0 Å². The summed E-state index contributed by atoms with van der Waals surface area (Å²) in [6, 6.07) is 9.18. The van der Waals surface area contributed by atoms with Crippen molar-refractivity contribution < 1.29 is 9.90 Å². The first-order chi connectivity index (χ1) is 9.17. The molecule has 3 N–H and O–H groups in total. The molecule has 0 heterocycles. The number of aliphatic hydroxyl groups excluding tert-OH is 1. The minimum absolute atomic E-state index is 0.000513. The Balaban J connectivity index is 2.62. The molecule has 5 heteroatoms. The third-order valence-corrected chi connectivity index (χ3v) is 2.37. The topological polar surface area (TPSA) is 85.2 Å². The number of nitrogens with zero attached hydrogens (tertiary/aromatic N) is 1. The minimum atomic E-state index is -0.454. The largest absolute Gasteiger partial charge is 0.396 e. The lowest BCUT2D eigenvalue weighted by Gasteiger charge is -2.05. The number of nitrogens with one attached hydrogen (secondary N) is 2. The van der Waals surface area contributed by atoms with Crippen molar-refractivity contribution in [3.8, 4) is 6.07 Å². The van der Waals surface area contributed by atoms with Gasteiger partial charge in [-0.3, -0.25) is 4.79 Å². The molecule has 0 saturated heterocycles. The first kappa shape index (κ1) is 14.7. The van der Waals surface area contributed by atoms with Gasteiger partial charge in [0.1, 0.15) is 11.6 Å². The van der Waals surface area contributed by atoms with Crippen LogP contribution in [0.4, 0.5) is 5.69 Å². The van der Waals surface area contributed by atoms with Crippen LogP contribution in [0.5, 0.6) is 0 Å². The molecule has 0 fully saturated rings. The number of aryl methyl sites for hydroxylation is 1. The predicted octanol–water partition coefficient (Wildman–Crippen LogP) is 1.31. The average Bonchev–Trinajstić information content (AvgIpc) is 2.38. The Bertz CT molecular complexity index is 504. The van der Waals surface area contributed by atoms with Crippen LogP contribution in [-0.2, 0) is 4.79 Å². The maximum atomic E-state index is 11.8. The molecule has 0 aromatic heterocycles. The fraction of sp³-hybridized carbons (Fsp3) is 0.286. The molecule has 1 rings (SSSR count). The van der Waals surface area contributed by atoms with Gasteiger partial charge in [-0.05, 0) is 31.0 Å². The molecule has 1 aromatic rings. The van der Waals surface area contributed by atoms with Gasteiger partial charge < -0.3 is 15.7 Å². The normalized spacial score (nSPS) is 10.7. The molecule has 100 valence electrons. The lowest BCUT2D eigenvalue weighted by atomic mass is 10.2. The Labute approximate surface area is 112 Å². The molecule has 0 radical (unpaired) electrons. The van der Waals surface area contributed by atoms with Crippen LogP contribution in [0.3, 0.4) is 0 Å². The van der Waals surface area contributed by atoms with Crippen molar-refractivity contribution in [3.63, 3.8) is 0 Å². The van der Waals surface area contributed by atoms with Crippen LogP contribution in [0.2, 0.25) is 0 Å². The van der Waals surface area contributed by atoms with Gasteiger partial charge in [0, 0.05) is 25.0 Å². The Morgan fingerprint density at radius 2 is 2.32 bits per heavy atom. The van der Waals surface area contributed by atoms with Crippen LogP contribution in [0.25, 0.3) is 0 Å². The zero-order valence-electron chi connectivity index (χ0n) is 10.8. The van der Waals surface area contributed by atoms with E-state index >= 15 is 0 Å². The maximum absolute atomic E-state index is 11.8. The number of carbonyl (C=O) groups is 1. The van der Waals surface area contributed by atoms with Crippen LogP contribution < -0.4 is 10.6 Å². The quantitative estimate of drug-likeness (QED) is 0.408. The molecular formula is C14H17N3O2. The molecule has 0 aliphatic heterocycles. The average molecular weight is 259 g/mol. The van der Waals surface area contributed by atoms with Crippen molar-refractivity contribution >= 4 is 11.6 Å². The molecular weight excluding hydrogens is 242 g/mol. The van der Waals surface area contributed by atoms with Gasteiger partial charge in [-0.1, -0.05) is 12.1 Å². The highest BCUT2D eigenvalue weighted by Gasteiger charge is 2.08. The predicted molar refractivity (Wildman–Crippen MR) is 73.2 cm³/mol. The SMILES string of the molecule is Cc1cccc(NC(=O)/C(C#N)=C\NCCCO)c1. The Morgan fingerprint density at radius 3 is 2.95 bits per heavy atom. The van der Waals surface area contributed by atoms with E-state index in [1.807, 2.05) is 31.2 Å². The highest BCUT2D eigenvalue weighted by atomic mass is 16.3. The fourth-order valence-corrected chi connectivity index (χ4v) is 1.43. The summed E-state index contributed by atoms with van der Waals surface area (Å²) in [6.07, 6.45) is 1.93. The summed E-state index contributed by atoms with van der Waals surface area (Å²) in [5.41, 5.74) is 1.68. The lowest BCUT2D eigenvalue weighted by Crippen LogP contribution is -2.17. The molecule has 0 atom stereocenters. The van der Waals surface area contributed by atoms with E-state index in [9.17, 15) is 4.79 Å². The van der Waals surface area contributed by atoms with Gasteiger partial charge in [-0.15, -0.1) is 0 Å². The summed E-state index contributed by atoms with van der Waals surface area (Å²) in [4.78, 5) is 11.8. The third-order valence-electron chi connectivity index (χ3n) is 2.37. The summed E-state index contributed by atoms with van der Waals surface area (Å²) in [5, 5.41) is 23.0. The number of benzene rings is 1. The van der Waals surface area contributed by atoms with Gasteiger partial charge in [0.05, 0.1) is 0 Å². The monoisotopic (exact) mass is 259 g/mol. The zero-order chi connectivity index (χ0) is 14.1. The Kier molecular flexibility index (Phi) is 6.13. The number of amides is 1. The van der Waals surface area contributed by atoms with E-state index in [-0.39, 0.29) is 12.2 Å². The van der Waals surface area contributed by atoms with Crippen molar-refractivity contribution in [1.82, 2.24) is 5.32 Å². The molecule has 0 saturated carbocycles. The van der Waals surface area contributed by atoms with E-state index in [0.29, 0.717) is 18.7 Å². The Hall–Kier alpha value is -2.32. The highest BCUT2D eigenvalue weighted by molar-refractivity contribution is 6.06. The standard InChI is InChI=1S/C14H17N3O2/c1-11-4-2-5-13(8-11)17-14(19)12(9-15)10-16-6-3-7-18/h2,4-5,8,10,16,18H,3,6-7H2,1H3,(H,17,19)/b12-10-. The molecule has 0 spiro atoms. The summed E-state index contributed by atoms with van der Waals surface area (Å²) in [6.45, 7) is 2.50. The number of nitriles is 1. The van der Waals surface area contributed by atoms with E-state index in [1.54, 1.807) is 6.07 Å². The van der Waals surface area contributed by atoms with Gasteiger partial charge in [0.25, 0.3) is 5.91 Å². The van der Waals surface area contributed by atoms with Crippen molar-refractivity contribution in [2.75, 3.05) is 18.5 Å². The molecule has 5 nitrogen and oxygen atoms in total. The van der Waals surface area contributed by atoms with Gasteiger partial charge in [-0.25, -0.2) is 0 Å². The lowest BCUT2D eigenvalue weighted by molar-refractivity contribution is -0.112. The van der Waals surface area contributed by atoms with E-state index in [1.165, 1.54) is 6.20 Å². The zero-order valence-corrected chi connectivity index (χ0v) is 10.8. The van der Waals surface area contributed by atoms with Crippen LogP contribution in [0.15, 0.2) is 36.0 Å². The second-order valence-corrected chi connectivity index (χ2v) is 4.02. The number of rotatable bonds is 6. The van der Waals surface area contributed by atoms with E-state index < -0.39 is 5.91 Å². The summed E-state index contributed by atoms with van der Waals surface area (Å²) < 4.78 is 0. The summed E-state index contributed by atoms with van der Waals surface area (Å²) in [7, 11) is 0. The van der Waals surface area contributed by atoms with E-state index in [2.05, 4.69) is 10.6 Å². The Morgan fingerprint density at radius 1 is 1.53 bits per heavy atom. The number of hydrogen-bond acceptors (Lipinski definition) is 4. The van der Waals surface area contributed by atoms with E-state index in [0.717, 1.165) is 5.56 Å². The molecule has 0 aliphatic carbocycles. The first-order valence-corrected chi connectivity index (χ1v) is 6.00. The van der Waals surface area contributed by atoms with Gasteiger partial charge >= 0.3 is 0 Å². The number of aliphatic hydroxyl groups is 1. The maximum Gasteiger partial charge on any atom is 0.267 e. The molecule has 0 aliphatic rings. The van der Waals surface area contributed by atoms with Crippen LogP contribution in [0, 0.1) is 18.3 Å². The molecule has 0 unspecified atom stereocenters. The number of hydrogen-bond donors (Lipinski definition) is 3. The second kappa shape index (κ2) is 7.90. The number of anilines is 1. The third kappa shape index (κ3) is 5.23. The summed E-state index contributed by atoms with van der Waals surface area (Å²) >= 11 is 0. The van der Waals surface area contributed by atoms with Crippen molar-refractivity contribution in [3.05, 3.63) is 41.6 Å².